The minimum absolute atomic E-state index is 0.0921. The fourth-order valence-electron chi connectivity index (χ4n) is 3.46. The van der Waals surface area contributed by atoms with Gasteiger partial charge in [-0.05, 0) is 68.3 Å². The van der Waals surface area contributed by atoms with E-state index >= 15 is 0 Å². The third-order valence-electron chi connectivity index (χ3n) is 5.33. The van der Waals surface area contributed by atoms with Gasteiger partial charge in [0.05, 0.1) is 22.5 Å². The van der Waals surface area contributed by atoms with Gasteiger partial charge in [-0.3, -0.25) is 14.7 Å². The number of thioether (sulfide) groups is 1. The minimum Gasteiger partial charge on any atom is -0.282 e. The van der Waals surface area contributed by atoms with Crippen LogP contribution in [0.4, 0.5) is 5.13 Å². The minimum atomic E-state index is 0.0921. The molecule has 0 atom stereocenters. The summed E-state index contributed by atoms with van der Waals surface area (Å²) in [4.78, 5) is 25.7. The second kappa shape index (κ2) is 10.3. The Balaban J connectivity index is 1.50. The van der Waals surface area contributed by atoms with Crippen LogP contribution in [-0.4, -0.2) is 21.6 Å². The van der Waals surface area contributed by atoms with E-state index in [-0.39, 0.29) is 5.91 Å². The molecule has 0 bridgehead atoms. The molecule has 32 heavy (non-hydrogen) atoms. The molecule has 4 nitrogen and oxygen atoms in total. The molecule has 2 aromatic heterocycles. The largest absolute Gasteiger partial charge is 0.282 e. The van der Waals surface area contributed by atoms with Gasteiger partial charge >= 0.3 is 0 Å². The molecule has 0 saturated heterocycles. The SMILES string of the molecule is Cc1ccc(SCCCC(=O)N(Cc2ccccn2)c2nc3c(C)ccc(C)c3s2)cc1. The first kappa shape index (κ1) is 22.5. The van der Waals surface area contributed by atoms with Gasteiger partial charge in [0.25, 0.3) is 0 Å². The fourth-order valence-corrected chi connectivity index (χ4v) is 5.44. The quantitative estimate of drug-likeness (QED) is 0.216. The van der Waals surface area contributed by atoms with Crippen molar-refractivity contribution in [1.29, 1.82) is 0 Å². The number of pyridine rings is 1. The number of anilines is 1. The van der Waals surface area contributed by atoms with Crippen molar-refractivity contribution in [2.24, 2.45) is 0 Å². The Kier molecular flexibility index (Phi) is 7.22. The van der Waals surface area contributed by atoms with E-state index < -0.39 is 0 Å². The van der Waals surface area contributed by atoms with E-state index in [9.17, 15) is 4.79 Å². The van der Waals surface area contributed by atoms with Gasteiger partial charge in [-0.2, -0.15) is 0 Å². The molecule has 0 saturated carbocycles. The molecule has 0 aliphatic heterocycles. The maximum Gasteiger partial charge on any atom is 0.229 e. The molecule has 6 heteroatoms. The van der Waals surface area contributed by atoms with Crippen LogP contribution in [0.1, 0.15) is 35.2 Å². The van der Waals surface area contributed by atoms with Gasteiger partial charge in [-0.25, -0.2) is 4.98 Å². The first-order valence-corrected chi connectivity index (χ1v) is 12.6. The molecular weight excluding hydrogens is 434 g/mol. The molecule has 2 heterocycles. The van der Waals surface area contributed by atoms with Gasteiger partial charge < -0.3 is 0 Å². The van der Waals surface area contributed by atoms with Crippen LogP contribution in [0.2, 0.25) is 0 Å². The first-order valence-electron chi connectivity index (χ1n) is 10.8. The lowest BCUT2D eigenvalue weighted by Crippen LogP contribution is -2.30. The Morgan fingerprint density at radius 1 is 1.00 bits per heavy atom. The zero-order valence-electron chi connectivity index (χ0n) is 18.7. The molecule has 0 aliphatic rings. The van der Waals surface area contributed by atoms with Gasteiger partial charge in [-0.15, -0.1) is 11.8 Å². The molecule has 0 unspecified atom stereocenters. The summed E-state index contributed by atoms with van der Waals surface area (Å²) in [6.07, 6.45) is 3.07. The Hall–Kier alpha value is -2.70. The zero-order valence-corrected chi connectivity index (χ0v) is 20.3. The molecule has 0 radical (unpaired) electrons. The van der Waals surface area contributed by atoms with E-state index in [4.69, 9.17) is 4.98 Å². The van der Waals surface area contributed by atoms with Gasteiger partial charge in [-0.1, -0.05) is 47.2 Å². The van der Waals surface area contributed by atoms with Gasteiger partial charge in [0.15, 0.2) is 5.13 Å². The summed E-state index contributed by atoms with van der Waals surface area (Å²) in [6.45, 7) is 6.69. The van der Waals surface area contributed by atoms with Crippen molar-refractivity contribution in [1.82, 2.24) is 9.97 Å². The summed E-state index contributed by atoms with van der Waals surface area (Å²) in [5, 5.41) is 0.749. The molecule has 4 rings (SSSR count). The lowest BCUT2D eigenvalue weighted by Gasteiger charge is -2.19. The van der Waals surface area contributed by atoms with Crippen molar-refractivity contribution < 1.29 is 4.79 Å². The average Bonchev–Trinajstić information content (AvgIpc) is 3.26. The standard InChI is InChI=1S/C26H27N3OS2/c1-18-9-13-22(14-10-18)31-16-6-8-23(30)29(17-21-7-4-5-15-27-21)26-28-24-19(2)11-12-20(3)25(24)32-26/h4-5,7,9-15H,6,8,16-17H2,1-3H3. The van der Waals surface area contributed by atoms with Crippen LogP contribution in [0.3, 0.4) is 0 Å². The molecule has 0 N–H and O–H groups in total. The molecule has 0 spiro atoms. The zero-order chi connectivity index (χ0) is 22.5. The van der Waals surface area contributed by atoms with Crippen LogP contribution < -0.4 is 4.90 Å². The third-order valence-corrected chi connectivity index (χ3v) is 7.65. The highest BCUT2D eigenvalue weighted by atomic mass is 32.2. The maximum absolute atomic E-state index is 13.3. The van der Waals surface area contributed by atoms with Crippen molar-refractivity contribution in [3.05, 3.63) is 83.2 Å². The second-order valence-corrected chi connectivity index (χ2v) is 10.1. The number of carbonyl (C=O) groups excluding carboxylic acids is 1. The first-order chi connectivity index (χ1) is 15.5. The van der Waals surface area contributed by atoms with E-state index in [0.717, 1.165) is 38.8 Å². The second-order valence-electron chi connectivity index (χ2n) is 7.94. The van der Waals surface area contributed by atoms with Crippen molar-refractivity contribution in [3.63, 3.8) is 0 Å². The Labute approximate surface area is 197 Å². The summed E-state index contributed by atoms with van der Waals surface area (Å²) in [5.41, 5.74) is 5.43. The van der Waals surface area contributed by atoms with Crippen molar-refractivity contribution in [2.45, 2.75) is 45.1 Å². The number of thiazole rings is 1. The third kappa shape index (κ3) is 5.37. The van der Waals surface area contributed by atoms with Crippen molar-refractivity contribution >= 4 is 44.4 Å². The van der Waals surface area contributed by atoms with Crippen LogP contribution in [0, 0.1) is 20.8 Å². The van der Waals surface area contributed by atoms with Gasteiger partial charge in [0.1, 0.15) is 0 Å². The number of rotatable bonds is 8. The molecule has 2 aromatic carbocycles. The monoisotopic (exact) mass is 461 g/mol. The molecular formula is C26H27N3OS2. The lowest BCUT2D eigenvalue weighted by atomic mass is 10.1. The van der Waals surface area contributed by atoms with Gasteiger partial charge in [0, 0.05) is 17.5 Å². The summed E-state index contributed by atoms with van der Waals surface area (Å²) in [6, 6.07) is 18.5. The smallest absolute Gasteiger partial charge is 0.229 e. The molecule has 0 fully saturated rings. The summed E-state index contributed by atoms with van der Waals surface area (Å²) < 4.78 is 1.15. The predicted molar refractivity (Wildman–Crippen MR) is 136 cm³/mol. The highest BCUT2D eigenvalue weighted by Gasteiger charge is 2.21. The molecule has 1 amide bonds. The fraction of sp³-hybridized carbons (Fsp3) is 0.269. The molecule has 164 valence electrons. The van der Waals surface area contributed by atoms with Gasteiger partial charge in [0.2, 0.25) is 5.91 Å². The Bertz CT molecular complexity index is 1160. The number of hydrogen-bond acceptors (Lipinski definition) is 5. The van der Waals surface area contributed by atoms with E-state index in [0.29, 0.717) is 13.0 Å². The Morgan fingerprint density at radius 2 is 1.78 bits per heavy atom. The molecule has 0 aliphatic carbocycles. The van der Waals surface area contributed by atoms with Crippen LogP contribution >= 0.6 is 23.1 Å². The number of benzene rings is 2. The van der Waals surface area contributed by atoms with E-state index in [1.807, 2.05) is 23.1 Å². The van der Waals surface area contributed by atoms with E-state index in [2.05, 4.69) is 62.2 Å². The number of aryl methyl sites for hydroxylation is 3. The Morgan fingerprint density at radius 3 is 2.50 bits per heavy atom. The highest BCUT2D eigenvalue weighted by Crippen LogP contribution is 2.34. The van der Waals surface area contributed by atoms with Crippen LogP contribution in [-0.2, 0) is 11.3 Å². The summed E-state index contributed by atoms with van der Waals surface area (Å²) >= 11 is 3.39. The molecule has 4 aromatic rings. The maximum atomic E-state index is 13.3. The van der Waals surface area contributed by atoms with Crippen molar-refractivity contribution in [2.75, 3.05) is 10.7 Å². The van der Waals surface area contributed by atoms with E-state index in [1.165, 1.54) is 16.0 Å². The average molecular weight is 462 g/mol. The summed E-state index contributed by atoms with van der Waals surface area (Å²) in [5.74, 6) is 0.999. The number of aromatic nitrogens is 2. The normalized spacial score (nSPS) is 11.1. The number of nitrogens with zero attached hydrogens (tertiary/aromatic N) is 3. The number of fused-ring (bicyclic) bond motifs is 1. The van der Waals surface area contributed by atoms with Crippen LogP contribution in [0.5, 0.6) is 0 Å². The van der Waals surface area contributed by atoms with E-state index in [1.54, 1.807) is 29.3 Å². The topological polar surface area (TPSA) is 46.1 Å². The lowest BCUT2D eigenvalue weighted by molar-refractivity contribution is -0.118. The number of amides is 1. The van der Waals surface area contributed by atoms with Crippen molar-refractivity contribution in [3.8, 4) is 0 Å². The summed E-state index contributed by atoms with van der Waals surface area (Å²) in [7, 11) is 0. The number of hydrogen-bond donors (Lipinski definition) is 0. The predicted octanol–water partition coefficient (Wildman–Crippen LogP) is 6.72. The van der Waals surface area contributed by atoms with Crippen LogP contribution in [0.15, 0.2) is 65.7 Å². The number of carbonyl (C=O) groups is 1. The highest BCUT2D eigenvalue weighted by molar-refractivity contribution is 7.99. The van der Waals surface area contributed by atoms with Crippen LogP contribution in [0.25, 0.3) is 10.2 Å².